The van der Waals surface area contributed by atoms with Gasteiger partial charge in [-0.15, -0.1) is 0 Å². The average molecular weight is 219 g/mol. The van der Waals surface area contributed by atoms with E-state index in [2.05, 4.69) is 0 Å². The van der Waals surface area contributed by atoms with Crippen LogP contribution in [0, 0.1) is 5.82 Å². The minimum atomic E-state index is -1.02. The van der Waals surface area contributed by atoms with Gasteiger partial charge < -0.3 is 10.2 Å². The van der Waals surface area contributed by atoms with Crippen LogP contribution < -0.4 is 0 Å². The first-order valence-electron chi connectivity index (χ1n) is 3.89. The SMILES string of the molecule is O=C(O)CCc1c(F)cc(O)cc1Cl. The summed E-state index contributed by atoms with van der Waals surface area (Å²) >= 11 is 5.63. The smallest absolute Gasteiger partial charge is 0.303 e. The molecule has 0 aliphatic carbocycles. The summed E-state index contributed by atoms with van der Waals surface area (Å²) < 4.78 is 13.1. The van der Waals surface area contributed by atoms with Gasteiger partial charge in [0.25, 0.3) is 0 Å². The predicted molar refractivity (Wildman–Crippen MR) is 49.0 cm³/mol. The highest BCUT2D eigenvalue weighted by atomic mass is 35.5. The number of aromatic hydroxyl groups is 1. The van der Waals surface area contributed by atoms with E-state index in [1.165, 1.54) is 6.07 Å². The molecular formula is C9H8ClFO3. The Bertz CT molecular complexity index is 342. The summed E-state index contributed by atoms with van der Waals surface area (Å²) in [5.41, 5.74) is 0.117. The fourth-order valence-electron chi connectivity index (χ4n) is 1.06. The van der Waals surface area contributed by atoms with Crippen LogP contribution in [-0.4, -0.2) is 16.2 Å². The number of hydrogen-bond donors (Lipinski definition) is 2. The lowest BCUT2D eigenvalue weighted by atomic mass is 10.1. The Labute approximate surface area is 84.7 Å². The Hall–Kier alpha value is -1.29. The molecule has 0 saturated heterocycles. The first kappa shape index (κ1) is 10.8. The van der Waals surface area contributed by atoms with Crippen molar-refractivity contribution in [2.75, 3.05) is 0 Å². The molecule has 2 N–H and O–H groups in total. The van der Waals surface area contributed by atoms with Gasteiger partial charge >= 0.3 is 5.97 Å². The van der Waals surface area contributed by atoms with Crippen molar-refractivity contribution in [2.45, 2.75) is 12.8 Å². The molecule has 0 unspecified atom stereocenters. The summed E-state index contributed by atoms with van der Waals surface area (Å²) in [6, 6.07) is 2.09. The summed E-state index contributed by atoms with van der Waals surface area (Å²) in [4.78, 5) is 10.2. The lowest BCUT2D eigenvalue weighted by molar-refractivity contribution is -0.136. The maximum absolute atomic E-state index is 13.1. The Morgan fingerprint density at radius 2 is 2.14 bits per heavy atom. The number of hydrogen-bond acceptors (Lipinski definition) is 2. The van der Waals surface area contributed by atoms with Crippen molar-refractivity contribution in [1.29, 1.82) is 0 Å². The van der Waals surface area contributed by atoms with Crippen molar-refractivity contribution < 1.29 is 19.4 Å². The molecule has 3 nitrogen and oxygen atoms in total. The van der Waals surface area contributed by atoms with Gasteiger partial charge in [0.1, 0.15) is 11.6 Å². The Morgan fingerprint density at radius 1 is 1.50 bits per heavy atom. The number of benzene rings is 1. The number of carboxylic acid groups (broad SMARTS) is 1. The molecule has 1 aromatic rings. The molecule has 0 aliphatic heterocycles. The Morgan fingerprint density at radius 3 is 2.64 bits per heavy atom. The highest BCUT2D eigenvalue weighted by Crippen LogP contribution is 2.25. The van der Waals surface area contributed by atoms with E-state index in [0.717, 1.165) is 6.07 Å². The minimum Gasteiger partial charge on any atom is -0.508 e. The largest absolute Gasteiger partial charge is 0.508 e. The van der Waals surface area contributed by atoms with E-state index in [1.807, 2.05) is 0 Å². The molecule has 0 heterocycles. The summed E-state index contributed by atoms with van der Waals surface area (Å²) in [5, 5.41) is 17.4. The van der Waals surface area contributed by atoms with Crippen LogP contribution >= 0.6 is 11.6 Å². The lowest BCUT2D eigenvalue weighted by Gasteiger charge is -2.04. The number of aliphatic carboxylic acids is 1. The van der Waals surface area contributed by atoms with Crippen LogP contribution in [0.1, 0.15) is 12.0 Å². The van der Waals surface area contributed by atoms with Gasteiger partial charge in [-0.05, 0) is 12.5 Å². The van der Waals surface area contributed by atoms with Crippen molar-refractivity contribution in [3.63, 3.8) is 0 Å². The van der Waals surface area contributed by atoms with Crippen LogP contribution in [0.2, 0.25) is 5.02 Å². The average Bonchev–Trinajstić information content (AvgIpc) is 2.01. The summed E-state index contributed by atoms with van der Waals surface area (Å²) in [5.74, 6) is -1.98. The van der Waals surface area contributed by atoms with Crippen molar-refractivity contribution in [2.24, 2.45) is 0 Å². The molecule has 14 heavy (non-hydrogen) atoms. The number of phenols is 1. The zero-order valence-electron chi connectivity index (χ0n) is 7.13. The first-order valence-corrected chi connectivity index (χ1v) is 4.27. The monoisotopic (exact) mass is 218 g/mol. The highest BCUT2D eigenvalue weighted by Gasteiger charge is 2.10. The van der Waals surface area contributed by atoms with Crippen LogP contribution in [0.5, 0.6) is 5.75 Å². The zero-order valence-corrected chi connectivity index (χ0v) is 7.88. The first-order chi connectivity index (χ1) is 6.50. The molecule has 0 aliphatic rings. The molecule has 0 atom stereocenters. The van der Waals surface area contributed by atoms with E-state index in [0.29, 0.717) is 0 Å². The van der Waals surface area contributed by atoms with E-state index in [1.54, 1.807) is 0 Å². The van der Waals surface area contributed by atoms with Gasteiger partial charge in [-0.2, -0.15) is 0 Å². The number of carboxylic acids is 1. The second-order valence-electron chi connectivity index (χ2n) is 2.78. The second-order valence-corrected chi connectivity index (χ2v) is 3.19. The maximum Gasteiger partial charge on any atom is 0.303 e. The third-order valence-electron chi connectivity index (χ3n) is 1.71. The van der Waals surface area contributed by atoms with Gasteiger partial charge in [-0.1, -0.05) is 11.6 Å². The summed E-state index contributed by atoms with van der Waals surface area (Å²) in [6.45, 7) is 0. The van der Waals surface area contributed by atoms with E-state index in [4.69, 9.17) is 21.8 Å². The van der Waals surface area contributed by atoms with Gasteiger partial charge in [0.15, 0.2) is 0 Å². The fourth-order valence-corrected chi connectivity index (χ4v) is 1.36. The molecule has 76 valence electrons. The van der Waals surface area contributed by atoms with Gasteiger partial charge in [0.2, 0.25) is 0 Å². The van der Waals surface area contributed by atoms with E-state index < -0.39 is 11.8 Å². The minimum absolute atomic E-state index is 0.0142. The van der Waals surface area contributed by atoms with Gasteiger partial charge in [0, 0.05) is 18.1 Å². The molecule has 0 radical (unpaired) electrons. The standard InChI is InChI=1S/C9H8ClFO3/c10-7-3-5(12)4-8(11)6(7)1-2-9(13)14/h3-4,12H,1-2H2,(H,13,14). The lowest BCUT2D eigenvalue weighted by Crippen LogP contribution is -2.00. The van der Waals surface area contributed by atoms with E-state index in [9.17, 15) is 9.18 Å². The fraction of sp³-hybridized carbons (Fsp3) is 0.222. The molecule has 0 aromatic heterocycles. The predicted octanol–water partition coefficient (Wildman–Crippen LogP) is 2.20. The molecule has 0 saturated carbocycles. The van der Waals surface area contributed by atoms with Crippen LogP contribution in [0.3, 0.4) is 0 Å². The number of rotatable bonds is 3. The highest BCUT2D eigenvalue weighted by molar-refractivity contribution is 6.31. The molecular weight excluding hydrogens is 211 g/mol. The second kappa shape index (κ2) is 4.28. The maximum atomic E-state index is 13.1. The van der Waals surface area contributed by atoms with Crippen LogP contribution in [0.25, 0.3) is 0 Å². The summed E-state index contributed by atoms with van der Waals surface area (Å²) in [6.07, 6.45) is -0.179. The molecule has 5 heteroatoms. The Balaban J connectivity index is 2.91. The molecule has 1 rings (SSSR count). The quantitative estimate of drug-likeness (QED) is 0.818. The number of phenolic OH excluding ortho intramolecular Hbond substituents is 1. The normalized spacial score (nSPS) is 10.1. The van der Waals surface area contributed by atoms with Crippen molar-refractivity contribution in [3.05, 3.63) is 28.5 Å². The molecule has 0 bridgehead atoms. The molecule has 1 aromatic carbocycles. The number of carbonyl (C=O) groups is 1. The summed E-state index contributed by atoms with van der Waals surface area (Å²) in [7, 11) is 0. The third kappa shape index (κ3) is 2.60. The van der Waals surface area contributed by atoms with Gasteiger partial charge in [-0.3, -0.25) is 4.79 Å². The van der Waals surface area contributed by atoms with Gasteiger partial charge in [0.05, 0.1) is 5.02 Å². The van der Waals surface area contributed by atoms with Crippen LogP contribution in [0.15, 0.2) is 12.1 Å². The van der Waals surface area contributed by atoms with Crippen molar-refractivity contribution >= 4 is 17.6 Å². The van der Waals surface area contributed by atoms with Crippen molar-refractivity contribution in [3.8, 4) is 5.75 Å². The van der Waals surface area contributed by atoms with Gasteiger partial charge in [-0.25, -0.2) is 4.39 Å². The van der Waals surface area contributed by atoms with E-state index >= 15 is 0 Å². The van der Waals surface area contributed by atoms with E-state index in [-0.39, 0.29) is 29.2 Å². The van der Waals surface area contributed by atoms with Crippen LogP contribution in [-0.2, 0) is 11.2 Å². The molecule has 0 amide bonds. The molecule has 0 fully saturated rings. The Kier molecular flexibility index (Phi) is 3.30. The molecule has 0 spiro atoms. The van der Waals surface area contributed by atoms with Crippen molar-refractivity contribution in [1.82, 2.24) is 0 Å². The number of halogens is 2. The van der Waals surface area contributed by atoms with Crippen LogP contribution in [0.4, 0.5) is 4.39 Å². The topological polar surface area (TPSA) is 57.5 Å². The third-order valence-corrected chi connectivity index (χ3v) is 2.05. The zero-order chi connectivity index (χ0) is 10.7.